The molecule has 0 unspecified atom stereocenters. The summed E-state index contributed by atoms with van der Waals surface area (Å²) in [5.74, 6) is -1.84. The van der Waals surface area contributed by atoms with E-state index in [1.54, 1.807) is 0 Å². The number of hydrogen-bond donors (Lipinski definition) is 4. The van der Waals surface area contributed by atoms with E-state index in [1.807, 2.05) is 0 Å². The first kappa shape index (κ1) is 32.5. The van der Waals surface area contributed by atoms with Crippen molar-refractivity contribution in [1.29, 1.82) is 0 Å². The van der Waals surface area contributed by atoms with Gasteiger partial charge >= 0.3 is 11.9 Å². The van der Waals surface area contributed by atoms with Crippen molar-refractivity contribution in [2.75, 3.05) is 0 Å². The molecule has 0 heterocycles. The molecule has 6 N–H and O–H groups in total. The molecule has 0 spiro atoms. The molecular formula is C22H44N2O6. The second-order valence-electron chi connectivity index (χ2n) is 7.26. The van der Waals surface area contributed by atoms with Crippen LogP contribution in [0.2, 0.25) is 0 Å². The Kier molecular flexibility index (Phi) is 29.2. The Bertz CT molecular complexity index is 401. The van der Waals surface area contributed by atoms with Gasteiger partial charge in [0, 0.05) is 25.7 Å². The molecule has 0 radical (unpaired) electrons. The van der Waals surface area contributed by atoms with E-state index in [0.717, 1.165) is 77.0 Å². The highest BCUT2D eigenvalue weighted by Gasteiger charge is 1.98. The predicted octanol–water partition coefficient (Wildman–Crippen LogP) is 4.38. The molecular weight excluding hydrogens is 388 g/mol. The van der Waals surface area contributed by atoms with Crippen LogP contribution < -0.4 is 11.5 Å². The third-order valence-electron chi connectivity index (χ3n) is 4.08. The largest absolute Gasteiger partial charge is 0.481 e. The Hall–Kier alpha value is -2.12. The summed E-state index contributed by atoms with van der Waals surface area (Å²) in [6.45, 7) is 4.20. The number of nitrogens with two attached hydrogens (primary N) is 2. The molecule has 0 aliphatic rings. The SMILES string of the molecule is CCCCCC(N)=O.CCCCCC(N)=O.O=C(O)CCCCCCCCC(=O)O. The van der Waals surface area contributed by atoms with Crippen LogP contribution in [-0.4, -0.2) is 34.0 Å². The first-order chi connectivity index (χ1) is 14.2. The van der Waals surface area contributed by atoms with Crippen LogP contribution in [0.5, 0.6) is 0 Å². The van der Waals surface area contributed by atoms with Crippen LogP contribution in [0.4, 0.5) is 0 Å². The fraction of sp³-hybridized carbons (Fsp3) is 0.818. The molecule has 30 heavy (non-hydrogen) atoms. The van der Waals surface area contributed by atoms with Crippen LogP contribution in [-0.2, 0) is 19.2 Å². The van der Waals surface area contributed by atoms with Crippen molar-refractivity contribution in [2.45, 2.75) is 117 Å². The van der Waals surface area contributed by atoms with Gasteiger partial charge in [0.25, 0.3) is 0 Å². The lowest BCUT2D eigenvalue weighted by molar-refractivity contribution is -0.138. The van der Waals surface area contributed by atoms with Crippen molar-refractivity contribution in [1.82, 2.24) is 0 Å². The molecule has 0 saturated heterocycles. The van der Waals surface area contributed by atoms with E-state index < -0.39 is 11.9 Å². The number of carbonyl (C=O) groups is 4. The molecule has 0 aliphatic heterocycles. The molecule has 0 rings (SSSR count). The fourth-order valence-electron chi connectivity index (χ4n) is 2.36. The summed E-state index contributed by atoms with van der Waals surface area (Å²) in [5.41, 5.74) is 9.79. The normalized spacial score (nSPS) is 9.53. The average Bonchev–Trinajstić information content (AvgIpc) is 2.64. The third kappa shape index (κ3) is 44.9. The molecule has 0 aromatic heterocycles. The minimum absolute atomic E-state index is 0.182. The van der Waals surface area contributed by atoms with E-state index in [0.29, 0.717) is 12.8 Å². The first-order valence-electron chi connectivity index (χ1n) is 11.2. The van der Waals surface area contributed by atoms with Crippen molar-refractivity contribution in [3.8, 4) is 0 Å². The van der Waals surface area contributed by atoms with Gasteiger partial charge in [-0.3, -0.25) is 19.2 Å². The van der Waals surface area contributed by atoms with E-state index in [2.05, 4.69) is 13.8 Å². The van der Waals surface area contributed by atoms with Gasteiger partial charge in [-0.05, 0) is 25.7 Å². The number of hydrogen-bond acceptors (Lipinski definition) is 4. The third-order valence-corrected chi connectivity index (χ3v) is 4.08. The van der Waals surface area contributed by atoms with Crippen molar-refractivity contribution in [2.24, 2.45) is 11.5 Å². The quantitative estimate of drug-likeness (QED) is 0.249. The molecule has 0 aromatic carbocycles. The maximum absolute atomic E-state index is 10.1. The van der Waals surface area contributed by atoms with Crippen molar-refractivity contribution in [3.05, 3.63) is 0 Å². The van der Waals surface area contributed by atoms with E-state index >= 15 is 0 Å². The Balaban J connectivity index is -0.000000391. The van der Waals surface area contributed by atoms with Crippen LogP contribution in [0.15, 0.2) is 0 Å². The molecule has 2 amide bonds. The molecule has 0 bridgehead atoms. The number of carboxylic acids is 2. The summed E-state index contributed by atoms with van der Waals surface area (Å²) in [6.07, 6.45) is 13.3. The molecule has 0 saturated carbocycles. The van der Waals surface area contributed by atoms with Gasteiger partial charge in [-0.25, -0.2) is 0 Å². The molecule has 0 aromatic rings. The standard InChI is InChI=1S/C10H18O4.2C6H13NO/c11-9(12)7-5-3-1-2-4-6-8-10(13)14;2*1-2-3-4-5-6(7)8/h1-8H2,(H,11,12)(H,13,14);2*2-5H2,1H3,(H2,7,8). The Morgan fingerprint density at radius 3 is 1.00 bits per heavy atom. The van der Waals surface area contributed by atoms with Crippen LogP contribution in [0, 0.1) is 0 Å². The summed E-state index contributed by atoms with van der Waals surface area (Å²) in [4.78, 5) is 40.5. The Labute approximate surface area is 181 Å². The van der Waals surface area contributed by atoms with Crippen molar-refractivity contribution >= 4 is 23.8 Å². The number of aliphatic carboxylic acids is 2. The van der Waals surface area contributed by atoms with Crippen molar-refractivity contribution in [3.63, 3.8) is 0 Å². The van der Waals surface area contributed by atoms with Gasteiger partial charge in [0.05, 0.1) is 0 Å². The molecule has 0 aliphatic carbocycles. The zero-order chi connectivity index (χ0) is 23.6. The summed E-state index contributed by atoms with van der Waals surface area (Å²) in [6, 6.07) is 0. The summed E-state index contributed by atoms with van der Waals surface area (Å²) >= 11 is 0. The lowest BCUT2D eigenvalue weighted by Crippen LogP contribution is -2.09. The molecule has 8 nitrogen and oxygen atoms in total. The Morgan fingerprint density at radius 1 is 0.500 bits per heavy atom. The van der Waals surface area contributed by atoms with Gasteiger partial charge in [-0.2, -0.15) is 0 Å². The van der Waals surface area contributed by atoms with Crippen molar-refractivity contribution < 1.29 is 29.4 Å². The number of unbranched alkanes of at least 4 members (excludes halogenated alkanes) is 9. The number of rotatable bonds is 17. The van der Waals surface area contributed by atoms with Gasteiger partial charge in [0.15, 0.2) is 0 Å². The maximum Gasteiger partial charge on any atom is 0.303 e. The predicted molar refractivity (Wildman–Crippen MR) is 119 cm³/mol. The highest BCUT2D eigenvalue weighted by atomic mass is 16.4. The zero-order valence-corrected chi connectivity index (χ0v) is 19.0. The van der Waals surface area contributed by atoms with E-state index in [1.165, 1.54) is 0 Å². The Morgan fingerprint density at radius 2 is 0.767 bits per heavy atom. The van der Waals surface area contributed by atoms with Gasteiger partial charge in [-0.15, -0.1) is 0 Å². The number of primary amides is 2. The molecule has 8 heteroatoms. The van der Waals surface area contributed by atoms with E-state index in [-0.39, 0.29) is 24.7 Å². The van der Waals surface area contributed by atoms with Gasteiger partial charge in [0.1, 0.15) is 0 Å². The van der Waals surface area contributed by atoms with Crippen LogP contribution >= 0.6 is 0 Å². The number of carbonyl (C=O) groups excluding carboxylic acids is 2. The smallest absolute Gasteiger partial charge is 0.303 e. The topological polar surface area (TPSA) is 161 Å². The fourth-order valence-corrected chi connectivity index (χ4v) is 2.36. The number of carboxylic acid groups (broad SMARTS) is 2. The minimum Gasteiger partial charge on any atom is -0.481 e. The number of amides is 2. The van der Waals surface area contributed by atoms with Crippen LogP contribution in [0.25, 0.3) is 0 Å². The second-order valence-corrected chi connectivity index (χ2v) is 7.26. The average molecular weight is 433 g/mol. The van der Waals surface area contributed by atoms with Crippen LogP contribution in [0.3, 0.4) is 0 Å². The highest BCUT2D eigenvalue weighted by Crippen LogP contribution is 2.08. The maximum atomic E-state index is 10.1. The first-order valence-corrected chi connectivity index (χ1v) is 11.2. The lowest BCUT2D eigenvalue weighted by atomic mass is 10.1. The van der Waals surface area contributed by atoms with Gasteiger partial charge in [-0.1, -0.05) is 65.2 Å². The van der Waals surface area contributed by atoms with Crippen LogP contribution in [0.1, 0.15) is 117 Å². The summed E-state index contributed by atoms with van der Waals surface area (Å²) in [7, 11) is 0. The summed E-state index contributed by atoms with van der Waals surface area (Å²) < 4.78 is 0. The zero-order valence-electron chi connectivity index (χ0n) is 19.0. The molecule has 178 valence electrons. The monoisotopic (exact) mass is 432 g/mol. The minimum atomic E-state index is -0.740. The van der Waals surface area contributed by atoms with Gasteiger partial charge < -0.3 is 21.7 Å². The highest BCUT2D eigenvalue weighted by molar-refractivity contribution is 5.73. The molecule has 0 fully saturated rings. The van der Waals surface area contributed by atoms with E-state index in [4.69, 9.17) is 21.7 Å². The summed E-state index contributed by atoms with van der Waals surface area (Å²) in [5, 5.41) is 16.7. The van der Waals surface area contributed by atoms with Gasteiger partial charge in [0.2, 0.25) is 11.8 Å². The lowest BCUT2D eigenvalue weighted by Gasteiger charge is -1.98. The second kappa shape index (κ2) is 26.9. The molecule has 0 atom stereocenters. The van der Waals surface area contributed by atoms with E-state index in [9.17, 15) is 19.2 Å².